The molecule has 0 unspecified atom stereocenters. The Kier molecular flexibility index (Phi) is 8.70. The van der Waals surface area contributed by atoms with Crippen molar-refractivity contribution in [2.24, 2.45) is 0 Å². The minimum absolute atomic E-state index is 0.0758. The highest BCUT2D eigenvalue weighted by Gasteiger charge is 2.27. The maximum absolute atomic E-state index is 13.1. The molecule has 0 saturated carbocycles. The van der Waals surface area contributed by atoms with Crippen LogP contribution in [0.1, 0.15) is 63.3 Å². The Morgan fingerprint density at radius 2 is 1.55 bits per heavy atom. The van der Waals surface area contributed by atoms with Gasteiger partial charge in [0.25, 0.3) is 11.8 Å². The third-order valence-electron chi connectivity index (χ3n) is 6.29. The number of phenols is 1. The van der Waals surface area contributed by atoms with E-state index in [1.54, 1.807) is 54.9 Å². The van der Waals surface area contributed by atoms with Gasteiger partial charge in [0.2, 0.25) is 0 Å². The molecule has 2 amide bonds. The Morgan fingerprint density at radius 3 is 2.24 bits per heavy atom. The first-order valence-corrected chi connectivity index (χ1v) is 12.7. The van der Waals surface area contributed by atoms with E-state index < -0.39 is 0 Å². The molecule has 1 aliphatic heterocycles. The van der Waals surface area contributed by atoms with Gasteiger partial charge in [-0.05, 0) is 75.7 Å². The van der Waals surface area contributed by atoms with E-state index in [4.69, 9.17) is 4.74 Å². The molecule has 0 radical (unpaired) electrons. The lowest BCUT2D eigenvalue weighted by Gasteiger charge is -2.27. The van der Waals surface area contributed by atoms with Crippen LogP contribution in [0.25, 0.3) is 0 Å². The van der Waals surface area contributed by atoms with E-state index in [0.717, 1.165) is 13.0 Å². The summed E-state index contributed by atoms with van der Waals surface area (Å²) in [6, 6.07) is 13.5. The number of phenolic OH excluding ortho intramolecular Hbond substituents is 1. The smallest absolute Gasteiger partial charge is 0.251 e. The summed E-state index contributed by atoms with van der Waals surface area (Å²) in [4.78, 5) is 42.8. The second kappa shape index (κ2) is 12.3. The zero-order valence-corrected chi connectivity index (χ0v) is 21.4. The number of carbonyl (C=O) groups is 3. The molecule has 1 aromatic heterocycles. The summed E-state index contributed by atoms with van der Waals surface area (Å²) in [5.41, 5.74) is 1.35. The number of rotatable bonds is 8. The van der Waals surface area contributed by atoms with Gasteiger partial charge >= 0.3 is 0 Å². The quantitative estimate of drug-likeness (QED) is 0.339. The molecule has 2 heterocycles. The van der Waals surface area contributed by atoms with Crippen LogP contribution in [-0.2, 0) is 0 Å². The summed E-state index contributed by atoms with van der Waals surface area (Å²) in [6.07, 6.45) is 4.60. The topological polar surface area (TPSA) is 130 Å². The maximum atomic E-state index is 13.1. The van der Waals surface area contributed by atoms with Crippen LogP contribution in [0.5, 0.6) is 11.5 Å². The van der Waals surface area contributed by atoms with E-state index in [-0.39, 0.29) is 47.1 Å². The first-order valence-electron chi connectivity index (χ1n) is 12.7. The molecule has 1 aliphatic rings. The number of hydrogen-bond donors (Lipinski definition) is 4. The highest BCUT2D eigenvalue weighted by Crippen LogP contribution is 2.26. The Morgan fingerprint density at radius 1 is 0.921 bits per heavy atom. The summed E-state index contributed by atoms with van der Waals surface area (Å²) < 4.78 is 5.64. The lowest BCUT2D eigenvalue weighted by atomic mass is 10.00. The number of benzene rings is 2. The van der Waals surface area contributed by atoms with Crippen LogP contribution in [0.4, 0.5) is 0 Å². The van der Waals surface area contributed by atoms with Gasteiger partial charge in [-0.2, -0.15) is 0 Å². The van der Waals surface area contributed by atoms with Crippen LogP contribution < -0.4 is 20.7 Å². The number of pyridine rings is 1. The van der Waals surface area contributed by atoms with E-state index in [2.05, 4.69) is 20.9 Å². The molecule has 1 saturated heterocycles. The standard InChI is InChI=1S/C29H32N4O5/c1-18(2)38-22-9-10-26(34)23(16-22)27(35)19-5-7-20(8-6-19)28(36)32-24-4-3-13-31-17-25(24)33-29(37)21-11-14-30-15-12-21/h5-12,14-16,18,24-25,31,34H,3-4,13,17H2,1-2H3,(H,32,36)(H,33,37)/t24-,25-/m1/s1. The first-order chi connectivity index (χ1) is 18.3. The van der Waals surface area contributed by atoms with Crippen molar-refractivity contribution in [3.8, 4) is 11.5 Å². The fraction of sp³-hybridized carbons (Fsp3) is 0.310. The molecule has 2 aromatic carbocycles. The van der Waals surface area contributed by atoms with Gasteiger partial charge in [0.05, 0.1) is 23.8 Å². The van der Waals surface area contributed by atoms with Crippen molar-refractivity contribution in [3.63, 3.8) is 0 Å². The number of nitrogens with one attached hydrogen (secondary N) is 3. The summed E-state index contributed by atoms with van der Waals surface area (Å²) in [7, 11) is 0. The van der Waals surface area contributed by atoms with Gasteiger partial charge in [-0.3, -0.25) is 19.4 Å². The van der Waals surface area contributed by atoms with Gasteiger partial charge in [-0.25, -0.2) is 0 Å². The van der Waals surface area contributed by atoms with Gasteiger partial charge in [0, 0.05) is 35.6 Å². The zero-order chi connectivity index (χ0) is 27.1. The molecule has 3 aromatic rings. The first kappa shape index (κ1) is 26.8. The summed E-state index contributed by atoms with van der Waals surface area (Å²) in [5, 5.41) is 19.6. The molecule has 4 N–H and O–H groups in total. The van der Waals surface area contributed by atoms with Gasteiger partial charge in [0.1, 0.15) is 11.5 Å². The molecular formula is C29H32N4O5. The minimum Gasteiger partial charge on any atom is -0.507 e. The zero-order valence-electron chi connectivity index (χ0n) is 21.4. The van der Waals surface area contributed by atoms with E-state index in [1.807, 2.05) is 13.8 Å². The number of carbonyl (C=O) groups excluding carboxylic acids is 3. The number of aromatic hydroxyl groups is 1. The molecule has 9 heteroatoms. The minimum atomic E-state index is -0.377. The summed E-state index contributed by atoms with van der Waals surface area (Å²) >= 11 is 0. The van der Waals surface area contributed by atoms with E-state index in [1.165, 1.54) is 12.1 Å². The number of ether oxygens (including phenoxy) is 1. The normalized spacial score (nSPS) is 17.3. The van der Waals surface area contributed by atoms with Crippen molar-refractivity contribution in [2.45, 2.75) is 44.9 Å². The highest BCUT2D eigenvalue weighted by atomic mass is 16.5. The average molecular weight is 517 g/mol. The molecule has 4 rings (SSSR count). The Bertz CT molecular complexity index is 1280. The van der Waals surface area contributed by atoms with Gasteiger partial charge < -0.3 is 25.8 Å². The number of nitrogens with zero attached hydrogens (tertiary/aromatic N) is 1. The Balaban J connectivity index is 1.44. The van der Waals surface area contributed by atoms with Crippen LogP contribution >= 0.6 is 0 Å². The number of aromatic nitrogens is 1. The third-order valence-corrected chi connectivity index (χ3v) is 6.29. The van der Waals surface area contributed by atoms with Gasteiger partial charge in [-0.15, -0.1) is 0 Å². The van der Waals surface area contributed by atoms with E-state index in [0.29, 0.717) is 35.4 Å². The molecule has 0 bridgehead atoms. The molecule has 1 fully saturated rings. The molecule has 0 aliphatic carbocycles. The average Bonchev–Trinajstić information content (AvgIpc) is 3.14. The lowest BCUT2D eigenvalue weighted by molar-refractivity contribution is 0.0882. The maximum Gasteiger partial charge on any atom is 0.251 e. The van der Waals surface area contributed by atoms with Crippen molar-refractivity contribution >= 4 is 17.6 Å². The third kappa shape index (κ3) is 6.74. The molecule has 38 heavy (non-hydrogen) atoms. The van der Waals surface area contributed by atoms with Crippen molar-refractivity contribution in [1.82, 2.24) is 20.9 Å². The molecule has 198 valence electrons. The van der Waals surface area contributed by atoms with Gasteiger partial charge in [-0.1, -0.05) is 12.1 Å². The number of ketones is 1. The molecule has 0 spiro atoms. The molecule has 2 atom stereocenters. The van der Waals surface area contributed by atoms with Crippen LogP contribution in [0.15, 0.2) is 67.0 Å². The van der Waals surface area contributed by atoms with Gasteiger partial charge in [0.15, 0.2) is 5.78 Å². The molecular weight excluding hydrogens is 484 g/mol. The fourth-order valence-electron chi connectivity index (χ4n) is 4.35. The van der Waals surface area contributed by atoms with E-state index >= 15 is 0 Å². The second-order valence-electron chi connectivity index (χ2n) is 9.49. The SMILES string of the molecule is CC(C)Oc1ccc(O)c(C(=O)c2ccc(C(=O)N[C@@H]3CCCNC[C@H]3NC(=O)c3ccncc3)cc2)c1. The number of amides is 2. The van der Waals surface area contributed by atoms with Crippen LogP contribution in [0.3, 0.4) is 0 Å². The fourth-order valence-corrected chi connectivity index (χ4v) is 4.35. The number of hydrogen-bond acceptors (Lipinski definition) is 7. The summed E-state index contributed by atoms with van der Waals surface area (Å²) in [5.74, 6) is -0.559. The van der Waals surface area contributed by atoms with Crippen molar-refractivity contribution in [1.29, 1.82) is 0 Å². The van der Waals surface area contributed by atoms with Crippen LogP contribution in [-0.4, -0.2) is 59.0 Å². The lowest BCUT2D eigenvalue weighted by Crippen LogP contribution is -2.54. The van der Waals surface area contributed by atoms with Crippen LogP contribution in [0.2, 0.25) is 0 Å². The van der Waals surface area contributed by atoms with E-state index in [9.17, 15) is 19.5 Å². The second-order valence-corrected chi connectivity index (χ2v) is 9.49. The van der Waals surface area contributed by atoms with Crippen molar-refractivity contribution in [3.05, 3.63) is 89.2 Å². The van der Waals surface area contributed by atoms with Crippen molar-refractivity contribution < 1.29 is 24.2 Å². The monoisotopic (exact) mass is 516 g/mol. The Hall–Kier alpha value is -4.24. The predicted octanol–water partition coefficient (Wildman–Crippen LogP) is 3.09. The largest absolute Gasteiger partial charge is 0.507 e. The summed E-state index contributed by atoms with van der Waals surface area (Å²) in [6.45, 7) is 5.07. The Labute approximate surface area is 221 Å². The molecule has 9 nitrogen and oxygen atoms in total. The highest BCUT2D eigenvalue weighted by molar-refractivity contribution is 6.11. The predicted molar refractivity (Wildman–Crippen MR) is 143 cm³/mol. The van der Waals surface area contributed by atoms with Crippen molar-refractivity contribution in [2.75, 3.05) is 13.1 Å². The van der Waals surface area contributed by atoms with Crippen LogP contribution in [0, 0.1) is 0 Å².